The van der Waals surface area contributed by atoms with Crippen LogP contribution >= 0.6 is 0 Å². The second-order valence-electron chi connectivity index (χ2n) is 6.39. The van der Waals surface area contributed by atoms with Crippen molar-refractivity contribution in [3.05, 3.63) is 40.5 Å². The minimum Gasteiger partial charge on any atom is -0.417 e. The number of aromatic nitrogens is 4. The van der Waals surface area contributed by atoms with Gasteiger partial charge in [0.2, 0.25) is 5.89 Å². The first-order valence-corrected chi connectivity index (χ1v) is 8.63. The fourth-order valence-electron chi connectivity index (χ4n) is 3.29. The summed E-state index contributed by atoms with van der Waals surface area (Å²) in [5.74, 6) is 0.731. The van der Waals surface area contributed by atoms with E-state index in [0.717, 1.165) is 12.8 Å². The van der Waals surface area contributed by atoms with Gasteiger partial charge in [0, 0.05) is 12.4 Å². The first-order chi connectivity index (χ1) is 12.2. The molecule has 0 aliphatic heterocycles. The lowest BCUT2D eigenvalue weighted by atomic mass is 9.98. The second-order valence-corrected chi connectivity index (χ2v) is 6.39. The van der Waals surface area contributed by atoms with Gasteiger partial charge in [-0.1, -0.05) is 37.5 Å². The summed E-state index contributed by atoms with van der Waals surface area (Å²) in [6.07, 6.45) is 6.18. The topological polar surface area (TPSA) is 83.0 Å². The summed E-state index contributed by atoms with van der Waals surface area (Å²) in [6.45, 7) is 0.307. The van der Waals surface area contributed by atoms with Crippen molar-refractivity contribution in [3.8, 4) is 11.6 Å². The Morgan fingerprint density at radius 2 is 1.92 bits per heavy atom. The first-order valence-electron chi connectivity index (χ1n) is 8.63. The maximum atomic E-state index is 12.2. The molecule has 1 fully saturated rings. The molecular weight excluding hydrogens is 320 g/mol. The van der Waals surface area contributed by atoms with Gasteiger partial charge < -0.3 is 9.15 Å². The summed E-state index contributed by atoms with van der Waals surface area (Å²) in [4.78, 5) is 12.2. The van der Waals surface area contributed by atoms with Gasteiger partial charge in [-0.25, -0.2) is 4.68 Å². The van der Waals surface area contributed by atoms with E-state index in [1.807, 2.05) is 18.2 Å². The van der Waals surface area contributed by atoms with E-state index in [-0.39, 0.29) is 11.7 Å². The number of aryl methyl sites for hydroxylation is 1. The highest BCUT2D eigenvalue weighted by molar-refractivity contribution is 5.91. The van der Waals surface area contributed by atoms with Crippen LogP contribution in [0.25, 0.3) is 22.4 Å². The van der Waals surface area contributed by atoms with Crippen molar-refractivity contribution in [1.82, 2.24) is 20.0 Å². The number of ether oxygens (including phenoxy) is 1. The average molecular weight is 340 g/mol. The van der Waals surface area contributed by atoms with Crippen LogP contribution in [-0.4, -0.2) is 26.1 Å². The zero-order valence-electron chi connectivity index (χ0n) is 14.1. The van der Waals surface area contributed by atoms with Gasteiger partial charge >= 0.3 is 0 Å². The SMILES string of the molecule is Cn1nc(-c2nnc(COC3CCCCC3)o2)c2ccccc2c1=O. The third-order valence-corrected chi connectivity index (χ3v) is 4.62. The van der Waals surface area contributed by atoms with Crippen LogP contribution in [-0.2, 0) is 18.4 Å². The summed E-state index contributed by atoms with van der Waals surface area (Å²) in [6, 6.07) is 7.29. The van der Waals surface area contributed by atoms with Crippen molar-refractivity contribution in [2.45, 2.75) is 44.8 Å². The van der Waals surface area contributed by atoms with Gasteiger partial charge in [-0.15, -0.1) is 10.2 Å². The molecule has 25 heavy (non-hydrogen) atoms. The molecule has 2 aromatic heterocycles. The largest absolute Gasteiger partial charge is 0.417 e. The van der Waals surface area contributed by atoms with Crippen molar-refractivity contribution >= 4 is 10.8 Å². The van der Waals surface area contributed by atoms with E-state index < -0.39 is 0 Å². The number of hydrogen-bond acceptors (Lipinski definition) is 6. The summed E-state index contributed by atoms with van der Waals surface area (Å²) in [5.41, 5.74) is 0.355. The summed E-state index contributed by atoms with van der Waals surface area (Å²) in [7, 11) is 1.61. The zero-order valence-corrected chi connectivity index (χ0v) is 14.1. The van der Waals surface area contributed by atoms with Gasteiger partial charge in [-0.2, -0.15) is 5.10 Å². The molecule has 0 spiro atoms. The third kappa shape index (κ3) is 3.19. The van der Waals surface area contributed by atoms with E-state index in [2.05, 4.69) is 15.3 Å². The number of hydrogen-bond donors (Lipinski definition) is 0. The van der Waals surface area contributed by atoms with Crippen LogP contribution in [0.1, 0.15) is 38.0 Å². The smallest absolute Gasteiger partial charge is 0.274 e. The Hall–Kier alpha value is -2.54. The zero-order chi connectivity index (χ0) is 17.2. The molecule has 0 saturated heterocycles. The number of rotatable bonds is 4. The molecule has 0 N–H and O–H groups in total. The van der Waals surface area contributed by atoms with Crippen LogP contribution in [0.2, 0.25) is 0 Å². The fraction of sp³-hybridized carbons (Fsp3) is 0.444. The molecule has 1 aromatic carbocycles. The van der Waals surface area contributed by atoms with Crippen LogP contribution in [0.5, 0.6) is 0 Å². The van der Waals surface area contributed by atoms with Crippen molar-refractivity contribution in [3.63, 3.8) is 0 Å². The van der Waals surface area contributed by atoms with E-state index in [9.17, 15) is 4.79 Å². The standard InChI is InChI=1S/C18H20N4O3/c1-22-18(23)14-10-6-5-9-13(14)16(21-22)17-20-19-15(25-17)11-24-12-7-3-2-4-8-12/h5-6,9-10,12H,2-4,7-8,11H2,1H3. The molecule has 0 radical (unpaired) electrons. The van der Waals surface area contributed by atoms with Crippen LogP contribution < -0.4 is 5.56 Å². The molecule has 7 nitrogen and oxygen atoms in total. The highest BCUT2D eigenvalue weighted by Gasteiger charge is 2.18. The normalized spacial score (nSPS) is 15.7. The van der Waals surface area contributed by atoms with Crippen molar-refractivity contribution < 1.29 is 9.15 Å². The molecule has 2 heterocycles. The summed E-state index contributed by atoms with van der Waals surface area (Å²) in [5, 5.41) is 13.7. The van der Waals surface area contributed by atoms with E-state index in [1.54, 1.807) is 13.1 Å². The predicted molar refractivity (Wildman–Crippen MR) is 91.9 cm³/mol. The van der Waals surface area contributed by atoms with Crippen LogP contribution in [0.3, 0.4) is 0 Å². The Balaban J connectivity index is 1.61. The Bertz CT molecular complexity index is 941. The van der Waals surface area contributed by atoms with Crippen molar-refractivity contribution in [1.29, 1.82) is 0 Å². The Labute approximate surface area is 144 Å². The van der Waals surface area contributed by atoms with E-state index in [1.165, 1.54) is 23.9 Å². The third-order valence-electron chi connectivity index (χ3n) is 4.62. The highest BCUT2D eigenvalue weighted by atomic mass is 16.5. The molecule has 7 heteroatoms. The average Bonchev–Trinajstić information content (AvgIpc) is 3.13. The van der Waals surface area contributed by atoms with Crippen LogP contribution in [0.15, 0.2) is 33.5 Å². The Kier molecular flexibility index (Phi) is 4.31. The molecule has 1 aliphatic rings. The van der Waals surface area contributed by atoms with Crippen LogP contribution in [0, 0.1) is 0 Å². The molecule has 0 atom stereocenters. The van der Waals surface area contributed by atoms with E-state index in [0.29, 0.717) is 34.9 Å². The lowest BCUT2D eigenvalue weighted by Gasteiger charge is -2.20. The Morgan fingerprint density at radius 1 is 1.16 bits per heavy atom. The van der Waals surface area contributed by atoms with Crippen LogP contribution in [0.4, 0.5) is 0 Å². The lowest BCUT2D eigenvalue weighted by molar-refractivity contribution is 0.00680. The van der Waals surface area contributed by atoms with Gasteiger partial charge in [0.1, 0.15) is 6.61 Å². The van der Waals surface area contributed by atoms with Gasteiger partial charge in [-0.3, -0.25) is 4.79 Å². The molecule has 0 bridgehead atoms. The van der Waals surface area contributed by atoms with Gasteiger partial charge in [0.25, 0.3) is 11.4 Å². The number of benzene rings is 1. The number of fused-ring (bicyclic) bond motifs is 1. The molecule has 1 aliphatic carbocycles. The van der Waals surface area contributed by atoms with Crippen molar-refractivity contribution in [2.24, 2.45) is 7.05 Å². The monoisotopic (exact) mass is 340 g/mol. The molecule has 0 unspecified atom stereocenters. The van der Waals surface area contributed by atoms with E-state index in [4.69, 9.17) is 9.15 Å². The highest BCUT2D eigenvalue weighted by Crippen LogP contribution is 2.25. The Morgan fingerprint density at radius 3 is 2.72 bits per heavy atom. The fourth-order valence-corrected chi connectivity index (χ4v) is 3.29. The molecular formula is C18H20N4O3. The van der Waals surface area contributed by atoms with Gasteiger partial charge in [0.15, 0.2) is 5.69 Å². The minimum absolute atomic E-state index is 0.153. The summed E-state index contributed by atoms with van der Waals surface area (Å²) >= 11 is 0. The van der Waals surface area contributed by atoms with Gasteiger partial charge in [0.05, 0.1) is 11.5 Å². The minimum atomic E-state index is -0.153. The first kappa shape index (κ1) is 16.0. The molecule has 130 valence electrons. The van der Waals surface area contributed by atoms with E-state index >= 15 is 0 Å². The second kappa shape index (κ2) is 6.76. The number of nitrogens with zero attached hydrogens (tertiary/aromatic N) is 4. The molecule has 1 saturated carbocycles. The molecule has 3 aromatic rings. The molecule has 4 rings (SSSR count). The summed E-state index contributed by atoms with van der Waals surface area (Å²) < 4.78 is 12.9. The van der Waals surface area contributed by atoms with Gasteiger partial charge in [-0.05, 0) is 18.9 Å². The predicted octanol–water partition coefficient (Wildman–Crippen LogP) is 2.83. The lowest BCUT2D eigenvalue weighted by Crippen LogP contribution is -2.20. The maximum Gasteiger partial charge on any atom is 0.274 e. The van der Waals surface area contributed by atoms with Crippen molar-refractivity contribution in [2.75, 3.05) is 0 Å². The quantitative estimate of drug-likeness (QED) is 0.726. The maximum absolute atomic E-state index is 12.2. The molecule has 0 amide bonds.